The minimum absolute atomic E-state index is 0.215. The molecule has 11 heteroatoms. The molecule has 0 atom stereocenters. The van der Waals surface area contributed by atoms with Crippen molar-refractivity contribution in [2.75, 3.05) is 11.6 Å². The Balaban J connectivity index is 1.55. The molecule has 4 aromatic rings. The van der Waals surface area contributed by atoms with Crippen molar-refractivity contribution in [3.63, 3.8) is 0 Å². The van der Waals surface area contributed by atoms with Gasteiger partial charge in [0.2, 0.25) is 0 Å². The van der Waals surface area contributed by atoms with Crippen LogP contribution in [0.25, 0.3) is 10.2 Å². The minimum Gasteiger partial charge on any atom is -0.361 e. The summed E-state index contributed by atoms with van der Waals surface area (Å²) in [6.45, 7) is 3.73. The lowest BCUT2D eigenvalue weighted by atomic mass is 10.2. The molecular formula is C20H18N4O4S3. The number of hydrogen-bond acceptors (Lipinski definition) is 9. The van der Waals surface area contributed by atoms with Crippen molar-refractivity contribution in [1.82, 2.24) is 15.1 Å². The van der Waals surface area contributed by atoms with Crippen LogP contribution >= 0.6 is 23.1 Å². The molecule has 0 radical (unpaired) electrons. The summed E-state index contributed by atoms with van der Waals surface area (Å²) >= 11 is 2.64. The molecule has 0 saturated carbocycles. The van der Waals surface area contributed by atoms with Crippen LogP contribution in [0.1, 0.15) is 27.4 Å². The first-order chi connectivity index (χ1) is 14.7. The van der Waals surface area contributed by atoms with Gasteiger partial charge in [0.15, 0.2) is 15.0 Å². The number of benzene rings is 1. The van der Waals surface area contributed by atoms with Crippen LogP contribution in [0, 0.1) is 13.8 Å². The number of anilines is 1. The lowest BCUT2D eigenvalue weighted by Crippen LogP contribution is -2.13. The Labute approximate surface area is 187 Å². The van der Waals surface area contributed by atoms with Crippen LogP contribution in [0.2, 0.25) is 0 Å². The van der Waals surface area contributed by atoms with Crippen molar-refractivity contribution in [3.8, 4) is 0 Å². The van der Waals surface area contributed by atoms with Crippen LogP contribution in [0.4, 0.5) is 5.13 Å². The maximum atomic E-state index is 12.9. The highest BCUT2D eigenvalue weighted by atomic mass is 32.2. The second kappa shape index (κ2) is 8.40. The Bertz CT molecular complexity index is 1370. The molecule has 0 aliphatic rings. The van der Waals surface area contributed by atoms with Crippen molar-refractivity contribution in [2.24, 2.45) is 0 Å². The molecule has 0 unspecified atom stereocenters. The van der Waals surface area contributed by atoms with Crippen molar-refractivity contribution in [2.45, 2.75) is 29.5 Å². The number of pyridine rings is 1. The van der Waals surface area contributed by atoms with Gasteiger partial charge in [-0.3, -0.25) is 10.1 Å². The van der Waals surface area contributed by atoms with E-state index >= 15 is 0 Å². The van der Waals surface area contributed by atoms with Crippen molar-refractivity contribution >= 4 is 54.2 Å². The Hall–Kier alpha value is -2.76. The maximum absolute atomic E-state index is 12.9. The highest BCUT2D eigenvalue weighted by Gasteiger charge is 2.17. The number of thioether (sulfide) groups is 1. The highest BCUT2D eigenvalue weighted by molar-refractivity contribution is 7.98. The van der Waals surface area contributed by atoms with E-state index < -0.39 is 9.84 Å². The van der Waals surface area contributed by atoms with Gasteiger partial charge in [0.1, 0.15) is 10.8 Å². The monoisotopic (exact) mass is 474 g/mol. The summed E-state index contributed by atoms with van der Waals surface area (Å²) < 4.78 is 29.4. The van der Waals surface area contributed by atoms with Gasteiger partial charge in [-0.25, -0.2) is 18.4 Å². The molecule has 1 aromatic carbocycles. The molecule has 160 valence electrons. The van der Waals surface area contributed by atoms with E-state index in [-0.39, 0.29) is 10.8 Å². The molecule has 31 heavy (non-hydrogen) atoms. The molecule has 1 N–H and O–H groups in total. The molecule has 4 rings (SSSR count). The third kappa shape index (κ3) is 4.63. The number of sulfone groups is 1. The third-order valence-electron chi connectivity index (χ3n) is 4.56. The lowest BCUT2D eigenvalue weighted by molar-refractivity contribution is 0.102. The number of carbonyl (C=O) groups excluding carboxylic acids is 1. The summed E-state index contributed by atoms with van der Waals surface area (Å²) in [7, 11) is -3.32. The van der Waals surface area contributed by atoms with Crippen LogP contribution in [-0.4, -0.2) is 35.7 Å². The number of nitrogens with zero attached hydrogens (tertiary/aromatic N) is 3. The largest absolute Gasteiger partial charge is 0.361 e. The third-order valence-corrected chi connectivity index (χ3v) is 7.63. The number of thiazole rings is 1. The summed E-state index contributed by atoms with van der Waals surface area (Å²) in [6, 6.07) is 8.10. The van der Waals surface area contributed by atoms with Gasteiger partial charge in [0.05, 0.1) is 26.4 Å². The molecule has 3 aromatic heterocycles. The normalized spacial score (nSPS) is 11.7. The van der Waals surface area contributed by atoms with Crippen molar-refractivity contribution in [1.29, 1.82) is 0 Å². The molecule has 0 aliphatic carbocycles. The van der Waals surface area contributed by atoms with Crippen molar-refractivity contribution in [3.05, 3.63) is 59.1 Å². The van der Waals surface area contributed by atoms with E-state index in [9.17, 15) is 13.2 Å². The molecule has 1 amide bonds. The van der Waals surface area contributed by atoms with E-state index in [1.54, 1.807) is 30.5 Å². The minimum atomic E-state index is -3.32. The summed E-state index contributed by atoms with van der Waals surface area (Å²) in [5, 5.41) is 7.72. The van der Waals surface area contributed by atoms with E-state index in [1.165, 1.54) is 29.2 Å². The second-order valence-electron chi connectivity index (χ2n) is 6.82. The first-order valence-corrected chi connectivity index (χ1v) is 12.8. The van der Waals surface area contributed by atoms with Gasteiger partial charge >= 0.3 is 0 Å². The molecule has 3 heterocycles. The second-order valence-corrected chi connectivity index (χ2v) is 10.8. The average molecular weight is 475 g/mol. The Morgan fingerprint density at radius 3 is 2.77 bits per heavy atom. The molecule has 0 saturated heterocycles. The highest BCUT2D eigenvalue weighted by Crippen LogP contribution is 2.30. The van der Waals surface area contributed by atoms with Gasteiger partial charge in [0, 0.05) is 23.8 Å². The molecule has 0 fully saturated rings. The van der Waals surface area contributed by atoms with Gasteiger partial charge in [-0.15, -0.1) is 11.8 Å². The number of aromatic nitrogens is 3. The number of amides is 1. The quantitative estimate of drug-likeness (QED) is 0.413. The summed E-state index contributed by atoms with van der Waals surface area (Å²) in [4.78, 5) is 21.9. The zero-order valence-electron chi connectivity index (χ0n) is 16.9. The van der Waals surface area contributed by atoms with E-state index in [4.69, 9.17) is 4.52 Å². The van der Waals surface area contributed by atoms with Crippen molar-refractivity contribution < 1.29 is 17.7 Å². The SMILES string of the molecule is Cc1noc(C)c1CSc1ncccc1C(=O)Nc1nc2ccc(S(C)(=O)=O)cc2s1. The molecule has 0 bridgehead atoms. The van der Waals surface area contributed by atoms with E-state index in [0.29, 0.717) is 31.7 Å². The number of nitrogens with one attached hydrogen (secondary N) is 1. The van der Waals surface area contributed by atoms with E-state index in [0.717, 1.165) is 23.3 Å². The molecule has 0 spiro atoms. The number of fused-ring (bicyclic) bond motifs is 1. The topological polar surface area (TPSA) is 115 Å². The summed E-state index contributed by atoms with van der Waals surface area (Å²) in [5.74, 6) is 0.986. The summed E-state index contributed by atoms with van der Waals surface area (Å²) in [5.41, 5.74) is 2.84. The van der Waals surface area contributed by atoms with Gasteiger partial charge in [-0.1, -0.05) is 16.5 Å². The Morgan fingerprint density at radius 2 is 2.06 bits per heavy atom. The van der Waals surface area contributed by atoms with Gasteiger partial charge in [-0.05, 0) is 44.2 Å². The molecule has 0 aliphatic heterocycles. The summed E-state index contributed by atoms with van der Waals surface area (Å²) in [6.07, 6.45) is 2.79. The predicted octanol–water partition coefficient (Wildman–Crippen LogP) is 4.24. The van der Waals surface area contributed by atoms with Gasteiger partial charge in [-0.2, -0.15) is 0 Å². The predicted molar refractivity (Wildman–Crippen MR) is 120 cm³/mol. The average Bonchev–Trinajstić information content (AvgIpc) is 3.27. The zero-order chi connectivity index (χ0) is 22.2. The van der Waals surface area contributed by atoms with Crippen LogP contribution < -0.4 is 5.32 Å². The van der Waals surface area contributed by atoms with Crippen LogP contribution in [0.15, 0.2) is 51.0 Å². The van der Waals surface area contributed by atoms with Gasteiger partial charge < -0.3 is 4.52 Å². The number of aryl methyl sites for hydroxylation is 2. The molecule has 8 nitrogen and oxygen atoms in total. The Kier molecular flexibility index (Phi) is 5.82. The first kappa shape index (κ1) is 21.5. The number of rotatable bonds is 6. The molecular weight excluding hydrogens is 456 g/mol. The van der Waals surface area contributed by atoms with Gasteiger partial charge in [0.25, 0.3) is 5.91 Å². The fourth-order valence-corrected chi connectivity index (χ4v) is 5.65. The Morgan fingerprint density at radius 1 is 1.26 bits per heavy atom. The number of hydrogen-bond donors (Lipinski definition) is 1. The fourth-order valence-electron chi connectivity index (χ4n) is 2.88. The van der Waals surface area contributed by atoms with Crippen LogP contribution in [-0.2, 0) is 15.6 Å². The van der Waals surface area contributed by atoms with E-state index in [2.05, 4.69) is 20.4 Å². The maximum Gasteiger partial charge on any atom is 0.260 e. The van der Waals surface area contributed by atoms with E-state index in [1.807, 2.05) is 13.8 Å². The standard InChI is InChI=1S/C20H18N4O4S3/c1-11-15(12(2)28-24-11)10-29-19-14(5-4-8-21-19)18(25)23-20-22-16-7-6-13(31(3,26)27)9-17(16)30-20/h4-9H,10H2,1-3H3,(H,22,23,25). The zero-order valence-corrected chi connectivity index (χ0v) is 19.3. The first-order valence-electron chi connectivity index (χ1n) is 9.14. The lowest BCUT2D eigenvalue weighted by Gasteiger charge is -2.07. The van der Waals surface area contributed by atoms with Crippen LogP contribution in [0.3, 0.4) is 0 Å². The van der Waals surface area contributed by atoms with Crippen LogP contribution in [0.5, 0.6) is 0 Å². The number of carbonyl (C=O) groups is 1. The fraction of sp³-hybridized carbons (Fsp3) is 0.200. The smallest absolute Gasteiger partial charge is 0.260 e.